The molecule has 0 spiro atoms. The van der Waals surface area contributed by atoms with Crippen molar-refractivity contribution in [3.8, 4) is 11.1 Å². The molecule has 1 heterocycles. The largest absolute Gasteiger partial charge is 0.478 e. The van der Waals surface area contributed by atoms with Crippen LogP contribution >= 0.6 is 0 Å². The predicted octanol–water partition coefficient (Wildman–Crippen LogP) is 3.48. The maximum Gasteiger partial charge on any atom is 0.336 e. The molecule has 0 bridgehead atoms. The van der Waals surface area contributed by atoms with E-state index in [0.29, 0.717) is 5.56 Å². The van der Waals surface area contributed by atoms with Crippen LogP contribution in [0, 0.1) is 0 Å². The van der Waals surface area contributed by atoms with Crippen LogP contribution in [0.15, 0.2) is 91.0 Å². The molecule has 2 atom stereocenters. The average Bonchev–Trinajstić information content (AvgIpc) is 2.93. The number of primary amides is 1. The lowest BCUT2D eigenvalue weighted by Gasteiger charge is -2.42. The fourth-order valence-electron chi connectivity index (χ4n) is 5.39. The van der Waals surface area contributed by atoms with Gasteiger partial charge in [0.05, 0.1) is 17.2 Å². The zero-order chi connectivity index (χ0) is 27.0. The van der Waals surface area contributed by atoms with Gasteiger partial charge in [-0.3, -0.25) is 15.9 Å². The van der Waals surface area contributed by atoms with Crippen LogP contribution in [0.5, 0.6) is 0 Å². The van der Waals surface area contributed by atoms with Crippen LogP contribution in [0.4, 0.5) is 5.69 Å². The maximum atomic E-state index is 12.0. The zero-order valence-electron chi connectivity index (χ0n) is 20.9. The van der Waals surface area contributed by atoms with Crippen LogP contribution in [0.3, 0.4) is 0 Å². The third-order valence-electron chi connectivity index (χ3n) is 7.43. The van der Waals surface area contributed by atoms with Gasteiger partial charge in [0.2, 0.25) is 5.91 Å². The molecule has 8 N–H and O–H groups in total. The number of amidine groups is 1. The SMILES string of the molecule is C[C@]1(c2ccccc2)C[C@@H](c2cccc(-c3ccc(C(N)=O)cc3C(=O)O)c2)Nc2ccc(C(N)=[NH2+])cc21. The molecule has 7 nitrogen and oxygen atoms in total. The molecule has 0 aliphatic carbocycles. The van der Waals surface area contributed by atoms with Crippen LogP contribution in [0.1, 0.15) is 62.4 Å². The van der Waals surface area contributed by atoms with Gasteiger partial charge in [0, 0.05) is 16.7 Å². The molecule has 4 aromatic rings. The van der Waals surface area contributed by atoms with E-state index in [0.717, 1.165) is 34.4 Å². The first kappa shape index (κ1) is 24.8. The third kappa shape index (κ3) is 4.39. The highest BCUT2D eigenvalue weighted by Gasteiger charge is 2.39. The summed E-state index contributed by atoms with van der Waals surface area (Å²) in [7, 11) is 0. The van der Waals surface area contributed by atoms with Crippen molar-refractivity contribution in [2.45, 2.75) is 24.8 Å². The number of rotatable bonds is 6. The molecule has 0 aromatic heterocycles. The molecule has 38 heavy (non-hydrogen) atoms. The highest BCUT2D eigenvalue weighted by atomic mass is 16.4. The summed E-state index contributed by atoms with van der Waals surface area (Å²) in [4.78, 5) is 23.7. The molecule has 0 unspecified atom stereocenters. The standard InChI is InChI=1S/C31H28N4O3/c1-31(22-8-3-2-4-9-22)17-27(35-26-13-11-20(28(32)33)16-25(26)31)19-7-5-6-18(14-19)23-12-10-21(29(34)36)15-24(23)30(37)38/h2-16,27,35H,17H2,1H3,(H3,32,33)(H2,34,36)(H,37,38)/p+1/t27-,31+/m0/s1. The van der Waals surface area contributed by atoms with Gasteiger partial charge >= 0.3 is 5.97 Å². The second-order valence-electron chi connectivity index (χ2n) is 9.87. The van der Waals surface area contributed by atoms with Crippen molar-refractivity contribution < 1.29 is 20.1 Å². The van der Waals surface area contributed by atoms with Gasteiger partial charge in [0.25, 0.3) is 5.84 Å². The molecule has 7 heteroatoms. The first-order chi connectivity index (χ1) is 18.2. The van der Waals surface area contributed by atoms with Crippen LogP contribution in [0.2, 0.25) is 0 Å². The van der Waals surface area contributed by atoms with E-state index in [1.54, 1.807) is 12.1 Å². The van der Waals surface area contributed by atoms with E-state index in [1.807, 2.05) is 54.6 Å². The lowest BCUT2D eigenvalue weighted by atomic mass is 9.68. The minimum atomic E-state index is -1.12. The molecule has 0 radical (unpaired) electrons. The lowest BCUT2D eigenvalue weighted by Crippen LogP contribution is -2.46. The van der Waals surface area contributed by atoms with E-state index < -0.39 is 11.9 Å². The minimum Gasteiger partial charge on any atom is -0.478 e. The van der Waals surface area contributed by atoms with E-state index in [9.17, 15) is 14.7 Å². The zero-order valence-corrected chi connectivity index (χ0v) is 20.9. The van der Waals surface area contributed by atoms with E-state index >= 15 is 0 Å². The Morgan fingerprint density at radius 2 is 1.66 bits per heavy atom. The smallest absolute Gasteiger partial charge is 0.336 e. The van der Waals surface area contributed by atoms with Gasteiger partial charge in [-0.15, -0.1) is 0 Å². The second kappa shape index (κ2) is 9.52. The number of carbonyl (C=O) groups excluding carboxylic acids is 1. The van der Waals surface area contributed by atoms with Crippen molar-refractivity contribution in [3.05, 3.63) is 124 Å². The number of carboxylic acids is 1. The Kier molecular flexibility index (Phi) is 6.20. The van der Waals surface area contributed by atoms with Crippen molar-refractivity contribution >= 4 is 23.4 Å². The highest BCUT2D eigenvalue weighted by Crippen LogP contribution is 2.48. The second-order valence-corrected chi connectivity index (χ2v) is 9.87. The Morgan fingerprint density at radius 3 is 2.34 bits per heavy atom. The molecule has 4 aromatic carbocycles. The minimum absolute atomic E-state index is 0.0256. The van der Waals surface area contributed by atoms with Gasteiger partial charge in [-0.05, 0) is 70.6 Å². The summed E-state index contributed by atoms with van der Waals surface area (Å²) in [6, 6.07) is 28.6. The van der Waals surface area contributed by atoms with Crippen molar-refractivity contribution in [2.24, 2.45) is 11.5 Å². The summed E-state index contributed by atoms with van der Waals surface area (Å²) in [6.45, 7) is 2.22. The number of aromatic carboxylic acids is 1. The summed E-state index contributed by atoms with van der Waals surface area (Å²) in [5.41, 5.74) is 17.5. The van der Waals surface area contributed by atoms with Crippen LogP contribution < -0.4 is 22.2 Å². The fourth-order valence-corrected chi connectivity index (χ4v) is 5.39. The van der Waals surface area contributed by atoms with Crippen LogP contribution in [-0.4, -0.2) is 22.8 Å². The van der Waals surface area contributed by atoms with E-state index in [-0.39, 0.29) is 28.4 Å². The highest BCUT2D eigenvalue weighted by molar-refractivity contribution is 6.01. The molecule has 0 saturated heterocycles. The van der Waals surface area contributed by atoms with E-state index in [4.69, 9.17) is 16.9 Å². The van der Waals surface area contributed by atoms with Crippen molar-refractivity contribution in [1.82, 2.24) is 0 Å². The number of carbonyl (C=O) groups is 2. The number of hydrogen-bond acceptors (Lipinski definition) is 3. The maximum absolute atomic E-state index is 12.0. The van der Waals surface area contributed by atoms with Gasteiger partial charge in [0.15, 0.2) is 0 Å². The number of nitrogens with two attached hydrogens (primary N) is 3. The fraction of sp³-hybridized carbons (Fsp3) is 0.129. The molecular weight excluding hydrogens is 476 g/mol. The third-order valence-corrected chi connectivity index (χ3v) is 7.43. The molecule has 1 aliphatic rings. The number of nitrogens with one attached hydrogen (secondary N) is 1. The number of fused-ring (bicyclic) bond motifs is 1. The monoisotopic (exact) mass is 505 g/mol. The number of hydrogen-bond donors (Lipinski definition) is 5. The molecule has 5 rings (SSSR count). The molecule has 0 fully saturated rings. The first-order valence-electron chi connectivity index (χ1n) is 12.3. The summed E-state index contributed by atoms with van der Waals surface area (Å²) in [5, 5.41) is 19.4. The summed E-state index contributed by atoms with van der Waals surface area (Å²) < 4.78 is 0. The van der Waals surface area contributed by atoms with Gasteiger partial charge in [-0.25, -0.2) is 4.79 Å². The van der Waals surface area contributed by atoms with Crippen molar-refractivity contribution in [3.63, 3.8) is 0 Å². The average molecular weight is 506 g/mol. The Hall–Kier alpha value is -4.91. The Balaban J connectivity index is 1.60. The first-order valence-corrected chi connectivity index (χ1v) is 12.3. The van der Waals surface area contributed by atoms with Crippen LogP contribution in [-0.2, 0) is 5.41 Å². The predicted molar refractivity (Wildman–Crippen MR) is 148 cm³/mol. The van der Waals surface area contributed by atoms with Gasteiger partial charge in [-0.2, -0.15) is 0 Å². The molecular formula is C31H29N4O3+. The van der Waals surface area contributed by atoms with Gasteiger partial charge < -0.3 is 16.2 Å². The van der Waals surface area contributed by atoms with E-state index in [2.05, 4.69) is 30.4 Å². The Bertz CT molecular complexity index is 1580. The number of carboxylic acid groups (broad SMARTS) is 1. The number of anilines is 1. The van der Waals surface area contributed by atoms with Crippen molar-refractivity contribution in [1.29, 1.82) is 0 Å². The van der Waals surface area contributed by atoms with Crippen LogP contribution in [0.25, 0.3) is 11.1 Å². The molecule has 1 aliphatic heterocycles. The molecule has 1 amide bonds. The topological polar surface area (TPSA) is 144 Å². The molecule has 190 valence electrons. The van der Waals surface area contributed by atoms with E-state index in [1.165, 1.54) is 11.6 Å². The normalized spacial score (nSPS) is 18.2. The summed E-state index contributed by atoms with van der Waals surface area (Å²) >= 11 is 0. The molecule has 0 saturated carbocycles. The van der Waals surface area contributed by atoms with Gasteiger partial charge in [-0.1, -0.05) is 61.5 Å². The van der Waals surface area contributed by atoms with Crippen molar-refractivity contribution in [2.75, 3.05) is 5.32 Å². The number of benzene rings is 4. The quantitative estimate of drug-likeness (QED) is 0.201. The Labute approximate surface area is 220 Å². The Morgan fingerprint density at radius 1 is 0.921 bits per heavy atom. The summed E-state index contributed by atoms with van der Waals surface area (Å²) in [6.07, 6.45) is 0.744. The lowest BCUT2D eigenvalue weighted by molar-refractivity contribution is -0.114. The number of amides is 1. The summed E-state index contributed by atoms with van der Waals surface area (Å²) in [5.74, 6) is -1.52. The van der Waals surface area contributed by atoms with Gasteiger partial charge in [0.1, 0.15) is 0 Å².